The molecular formula is C20H21N3O5S. The predicted octanol–water partition coefficient (Wildman–Crippen LogP) is 2.09. The molecule has 0 spiro atoms. The molecule has 29 heavy (non-hydrogen) atoms. The summed E-state index contributed by atoms with van der Waals surface area (Å²) in [5.41, 5.74) is 0.621. The van der Waals surface area contributed by atoms with Gasteiger partial charge in [-0.05, 0) is 50.2 Å². The van der Waals surface area contributed by atoms with E-state index in [1.807, 2.05) is 6.07 Å². The van der Waals surface area contributed by atoms with Gasteiger partial charge in [0.1, 0.15) is 6.54 Å². The molecule has 0 radical (unpaired) electrons. The summed E-state index contributed by atoms with van der Waals surface area (Å²) in [6.07, 6.45) is 0. The Bertz CT molecular complexity index is 997. The van der Waals surface area contributed by atoms with Gasteiger partial charge in [-0.25, -0.2) is 17.9 Å². The van der Waals surface area contributed by atoms with Crippen molar-refractivity contribution in [2.24, 2.45) is 0 Å². The molecule has 0 aromatic heterocycles. The zero-order valence-corrected chi connectivity index (χ0v) is 16.8. The molecule has 0 saturated carbocycles. The van der Waals surface area contributed by atoms with E-state index in [0.717, 1.165) is 0 Å². The van der Waals surface area contributed by atoms with Crippen molar-refractivity contribution < 1.29 is 22.7 Å². The highest BCUT2D eigenvalue weighted by atomic mass is 32.2. The monoisotopic (exact) mass is 415 g/mol. The van der Waals surface area contributed by atoms with Gasteiger partial charge in [-0.15, -0.1) is 0 Å². The van der Waals surface area contributed by atoms with E-state index in [4.69, 9.17) is 10.00 Å². The Labute approximate surface area is 169 Å². The highest BCUT2D eigenvalue weighted by Crippen LogP contribution is 2.14. The highest BCUT2D eigenvalue weighted by Gasteiger charge is 2.19. The van der Waals surface area contributed by atoms with Crippen LogP contribution in [0.1, 0.15) is 24.2 Å². The molecule has 1 amide bonds. The van der Waals surface area contributed by atoms with Crippen molar-refractivity contribution in [3.8, 4) is 6.07 Å². The van der Waals surface area contributed by atoms with Crippen LogP contribution in [0.5, 0.6) is 0 Å². The van der Waals surface area contributed by atoms with Gasteiger partial charge >= 0.3 is 5.97 Å². The lowest BCUT2D eigenvalue weighted by molar-refractivity contribution is -0.121. The molecule has 0 aliphatic rings. The van der Waals surface area contributed by atoms with E-state index in [1.165, 1.54) is 29.2 Å². The van der Waals surface area contributed by atoms with Crippen LogP contribution in [-0.2, 0) is 19.6 Å². The summed E-state index contributed by atoms with van der Waals surface area (Å²) < 4.78 is 31.7. The van der Waals surface area contributed by atoms with E-state index in [2.05, 4.69) is 4.72 Å². The third kappa shape index (κ3) is 6.14. The average molecular weight is 415 g/mol. The number of hydrogen-bond acceptors (Lipinski definition) is 6. The molecule has 2 rings (SSSR count). The minimum absolute atomic E-state index is 0.0168. The van der Waals surface area contributed by atoms with Gasteiger partial charge in [0.15, 0.2) is 6.61 Å². The van der Waals surface area contributed by atoms with Crippen LogP contribution in [0, 0.1) is 11.3 Å². The fourth-order valence-corrected chi connectivity index (χ4v) is 3.69. The number of nitrogens with one attached hydrogen (secondary N) is 1. The first-order chi connectivity index (χ1) is 13.7. The first kappa shape index (κ1) is 22.1. The van der Waals surface area contributed by atoms with Crippen molar-refractivity contribution in [1.82, 2.24) is 4.72 Å². The van der Waals surface area contributed by atoms with Crippen LogP contribution in [0.3, 0.4) is 0 Å². The molecule has 2 aromatic rings. The number of hydrogen-bond donors (Lipinski definition) is 1. The van der Waals surface area contributed by atoms with Crippen LogP contribution in [0.2, 0.25) is 0 Å². The predicted molar refractivity (Wildman–Crippen MR) is 107 cm³/mol. The molecular weight excluding hydrogens is 394 g/mol. The lowest BCUT2D eigenvalue weighted by Gasteiger charge is -2.19. The van der Waals surface area contributed by atoms with Gasteiger partial charge < -0.3 is 4.74 Å². The first-order valence-electron chi connectivity index (χ1n) is 8.76. The van der Waals surface area contributed by atoms with Crippen molar-refractivity contribution in [3.05, 3.63) is 60.2 Å². The Kier molecular flexibility index (Phi) is 7.47. The quantitative estimate of drug-likeness (QED) is 0.521. The zero-order valence-electron chi connectivity index (χ0n) is 16.0. The normalized spacial score (nSPS) is 11.0. The molecule has 2 aromatic carbocycles. The number of anilines is 1. The van der Waals surface area contributed by atoms with E-state index >= 15 is 0 Å². The maximum Gasteiger partial charge on any atom is 0.338 e. The summed E-state index contributed by atoms with van der Waals surface area (Å²) in [5, 5.41) is 8.94. The van der Waals surface area contributed by atoms with E-state index in [0.29, 0.717) is 5.69 Å². The van der Waals surface area contributed by atoms with E-state index in [-0.39, 0.29) is 23.0 Å². The van der Waals surface area contributed by atoms with Crippen molar-refractivity contribution >= 4 is 27.6 Å². The van der Waals surface area contributed by atoms with Crippen LogP contribution in [0.4, 0.5) is 5.69 Å². The summed E-state index contributed by atoms with van der Waals surface area (Å²) in [5.74, 6) is -1.32. The van der Waals surface area contributed by atoms with E-state index in [1.54, 1.807) is 44.2 Å². The SMILES string of the molecule is CC(C)NS(=O)(=O)c1ccc(C(=O)OCC(=O)N(CC#N)c2ccccc2)cc1. The fraction of sp³-hybridized carbons (Fsp3) is 0.250. The van der Waals surface area contributed by atoms with Crippen molar-refractivity contribution in [2.45, 2.75) is 24.8 Å². The number of carbonyl (C=O) groups excluding carboxylic acids is 2. The van der Waals surface area contributed by atoms with Crippen LogP contribution in [0.15, 0.2) is 59.5 Å². The van der Waals surface area contributed by atoms with Crippen LogP contribution >= 0.6 is 0 Å². The molecule has 0 fully saturated rings. The number of esters is 1. The van der Waals surface area contributed by atoms with Crippen LogP contribution in [0.25, 0.3) is 0 Å². The Morgan fingerprint density at radius 1 is 1.10 bits per heavy atom. The van der Waals surface area contributed by atoms with Gasteiger partial charge in [0.05, 0.1) is 16.5 Å². The maximum atomic E-state index is 12.4. The topological polar surface area (TPSA) is 117 Å². The molecule has 0 aliphatic carbocycles. The van der Waals surface area contributed by atoms with Crippen molar-refractivity contribution in [3.63, 3.8) is 0 Å². The third-order valence-electron chi connectivity index (χ3n) is 3.72. The number of amides is 1. The number of benzene rings is 2. The Morgan fingerprint density at radius 3 is 2.28 bits per heavy atom. The van der Waals surface area contributed by atoms with Gasteiger partial charge in [-0.1, -0.05) is 18.2 Å². The number of rotatable bonds is 8. The van der Waals surface area contributed by atoms with Gasteiger partial charge in [-0.3, -0.25) is 9.69 Å². The fourth-order valence-electron chi connectivity index (χ4n) is 2.44. The summed E-state index contributed by atoms with van der Waals surface area (Å²) >= 11 is 0. The molecule has 0 atom stereocenters. The number of nitriles is 1. The Morgan fingerprint density at radius 2 is 1.72 bits per heavy atom. The lowest BCUT2D eigenvalue weighted by Crippen LogP contribution is -2.35. The minimum atomic E-state index is -3.67. The van der Waals surface area contributed by atoms with Crippen molar-refractivity contribution in [1.29, 1.82) is 5.26 Å². The van der Waals surface area contributed by atoms with Gasteiger partial charge in [0, 0.05) is 11.7 Å². The molecule has 0 heterocycles. The number of sulfonamides is 1. The van der Waals surface area contributed by atoms with Crippen LogP contribution in [-0.4, -0.2) is 39.5 Å². The molecule has 1 N–H and O–H groups in total. The van der Waals surface area contributed by atoms with Gasteiger partial charge in [0.2, 0.25) is 10.0 Å². The summed E-state index contributed by atoms with van der Waals surface area (Å²) in [7, 11) is -3.67. The maximum absolute atomic E-state index is 12.4. The average Bonchev–Trinajstić information content (AvgIpc) is 2.69. The molecule has 0 saturated heterocycles. The lowest BCUT2D eigenvalue weighted by atomic mass is 10.2. The number of carbonyl (C=O) groups is 2. The summed E-state index contributed by atoms with van der Waals surface area (Å²) in [6, 6.07) is 15.4. The number of nitrogens with zero attached hydrogens (tertiary/aromatic N) is 2. The summed E-state index contributed by atoms with van der Waals surface area (Å²) in [6.45, 7) is 2.66. The standard InChI is InChI=1S/C20H21N3O5S/c1-15(2)22-29(26,27)18-10-8-16(9-11-18)20(25)28-14-19(24)23(13-12-21)17-6-4-3-5-7-17/h3-11,15,22H,13-14H2,1-2H3. The second-order valence-corrected chi connectivity index (χ2v) is 8.06. The number of para-hydroxylation sites is 1. The number of ether oxygens (including phenoxy) is 1. The molecule has 0 bridgehead atoms. The second-order valence-electron chi connectivity index (χ2n) is 6.35. The van der Waals surface area contributed by atoms with E-state index in [9.17, 15) is 18.0 Å². The smallest absolute Gasteiger partial charge is 0.338 e. The second kappa shape index (κ2) is 9.82. The minimum Gasteiger partial charge on any atom is -0.452 e. The Balaban J connectivity index is 2.03. The Hall–Kier alpha value is -3.22. The van der Waals surface area contributed by atoms with E-state index < -0.39 is 28.5 Å². The zero-order chi connectivity index (χ0) is 21.4. The third-order valence-corrected chi connectivity index (χ3v) is 5.39. The molecule has 0 unspecified atom stereocenters. The van der Waals surface area contributed by atoms with Gasteiger partial charge in [-0.2, -0.15) is 5.26 Å². The molecule has 152 valence electrons. The largest absolute Gasteiger partial charge is 0.452 e. The van der Waals surface area contributed by atoms with Gasteiger partial charge in [0.25, 0.3) is 5.91 Å². The molecule has 8 nitrogen and oxygen atoms in total. The molecule has 0 aliphatic heterocycles. The summed E-state index contributed by atoms with van der Waals surface area (Å²) in [4.78, 5) is 25.8. The van der Waals surface area contributed by atoms with Crippen molar-refractivity contribution in [2.75, 3.05) is 18.1 Å². The highest BCUT2D eigenvalue weighted by molar-refractivity contribution is 7.89. The van der Waals surface area contributed by atoms with Crippen LogP contribution < -0.4 is 9.62 Å². The first-order valence-corrected chi connectivity index (χ1v) is 10.2. The molecule has 9 heteroatoms.